The van der Waals surface area contributed by atoms with E-state index in [0.29, 0.717) is 36.7 Å². The first-order valence-corrected chi connectivity index (χ1v) is 17.1. The maximum absolute atomic E-state index is 15.1. The molecule has 0 spiro atoms. The zero-order valence-electron chi connectivity index (χ0n) is 28.6. The third kappa shape index (κ3) is 10.2. The fourth-order valence-corrected chi connectivity index (χ4v) is 6.38. The van der Waals surface area contributed by atoms with E-state index in [4.69, 9.17) is 5.73 Å². The van der Waals surface area contributed by atoms with Crippen LogP contribution in [0.2, 0.25) is 0 Å². The molecule has 0 aliphatic carbocycles. The van der Waals surface area contributed by atoms with Crippen LogP contribution in [0.15, 0.2) is 84.9 Å². The fraction of sp³-hybridized carbons (Fsp3) is 0.368. The minimum Gasteiger partial charge on any atom is -0.393 e. The zero-order valence-corrected chi connectivity index (χ0v) is 28.6. The standard InChI is InChI=1S/C27H30F2N4O2.C11H16N2O2/c1-2-6-25(20-9-10-24(30)26(15-20)33(34)35)31-21-16-22(28)27(23(29)17-21)32-13-11-19(12-14-32)18-7-4-3-5-8-18;1-12-9-5-4-7-10-6-2-3-8-11(10)13(14)15/h3-5,7-10,15-17,19,25,31H,2,6,11-14,30H2,1H3;2-3,6,8,12H,4-5,7,9H2,1H3. The average molecular weight is 689 g/mol. The Labute approximate surface area is 292 Å². The van der Waals surface area contributed by atoms with Gasteiger partial charge in [0.25, 0.3) is 11.4 Å². The van der Waals surface area contributed by atoms with E-state index in [1.165, 1.54) is 29.8 Å². The van der Waals surface area contributed by atoms with Crippen molar-refractivity contribution in [2.45, 2.75) is 63.8 Å². The van der Waals surface area contributed by atoms with Gasteiger partial charge in [0.05, 0.1) is 15.9 Å². The summed E-state index contributed by atoms with van der Waals surface area (Å²) in [5.41, 5.74) is 8.87. The summed E-state index contributed by atoms with van der Waals surface area (Å²) in [6, 6.07) is 24.0. The number of nitrogen functional groups attached to an aromatic ring is 1. The number of nitrogens with zero attached hydrogens (tertiary/aromatic N) is 3. The highest BCUT2D eigenvalue weighted by Gasteiger charge is 2.26. The molecule has 5 rings (SSSR count). The number of hydrogen-bond acceptors (Lipinski definition) is 8. The number of nitrogens with one attached hydrogen (secondary N) is 2. The van der Waals surface area contributed by atoms with Gasteiger partial charge in [-0.05, 0) is 87.4 Å². The summed E-state index contributed by atoms with van der Waals surface area (Å²) in [7, 11) is 1.91. The Kier molecular flexibility index (Phi) is 14.0. The molecule has 0 radical (unpaired) electrons. The minimum absolute atomic E-state index is 0.00257. The van der Waals surface area contributed by atoms with E-state index in [2.05, 4.69) is 22.8 Å². The zero-order chi connectivity index (χ0) is 36.0. The molecule has 0 saturated carbocycles. The lowest BCUT2D eigenvalue weighted by Crippen LogP contribution is -2.34. The van der Waals surface area contributed by atoms with Crippen LogP contribution in [0.5, 0.6) is 0 Å². The van der Waals surface area contributed by atoms with Crippen LogP contribution < -0.4 is 21.3 Å². The molecule has 4 N–H and O–H groups in total. The number of benzene rings is 4. The van der Waals surface area contributed by atoms with Gasteiger partial charge in [0, 0.05) is 36.5 Å². The summed E-state index contributed by atoms with van der Waals surface area (Å²) in [5.74, 6) is -0.855. The van der Waals surface area contributed by atoms with Gasteiger partial charge in [-0.15, -0.1) is 0 Å². The normalized spacial score (nSPS) is 13.6. The van der Waals surface area contributed by atoms with Crippen molar-refractivity contribution in [1.29, 1.82) is 0 Å². The molecule has 1 heterocycles. The summed E-state index contributed by atoms with van der Waals surface area (Å²) >= 11 is 0. The van der Waals surface area contributed by atoms with Gasteiger partial charge in [-0.3, -0.25) is 20.2 Å². The number of nitro groups is 2. The molecule has 4 aromatic rings. The van der Waals surface area contributed by atoms with E-state index in [1.54, 1.807) is 23.1 Å². The minimum atomic E-state index is -0.621. The number of nitrogens with two attached hydrogens (primary N) is 1. The molecule has 10 nitrogen and oxygen atoms in total. The third-order valence-corrected chi connectivity index (χ3v) is 8.98. The maximum atomic E-state index is 15.1. The van der Waals surface area contributed by atoms with Crippen LogP contribution in [0.4, 0.5) is 37.2 Å². The molecule has 12 heteroatoms. The number of nitro benzene ring substituents is 2. The lowest BCUT2D eigenvalue weighted by molar-refractivity contribution is -0.385. The van der Waals surface area contributed by atoms with Crippen molar-refractivity contribution in [2.24, 2.45) is 0 Å². The first-order valence-electron chi connectivity index (χ1n) is 17.1. The van der Waals surface area contributed by atoms with E-state index in [0.717, 1.165) is 50.6 Å². The first-order chi connectivity index (χ1) is 24.1. The maximum Gasteiger partial charge on any atom is 0.292 e. The molecule has 1 saturated heterocycles. The lowest BCUT2D eigenvalue weighted by atomic mass is 9.89. The summed E-state index contributed by atoms with van der Waals surface area (Å²) < 4.78 is 30.3. The van der Waals surface area contributed by atoms with Gasteiger partial charge in [0.15, 0.2) is 11.6 Å². The number of unbranched alkanes of at least 4 members (excludes halogenated alkanes) is 1. The molecular formula is C38H46F2N6O4. The molecule has 0 amide bonds. The van der Waals surface area contributed by atoms with Crippen LogP contribution >= 0.6 is 0 Å². The predicted molar refractivity (Wildman–Crippen MR) is 196 cm³/mol. The van der Waals surface area contributed by atoms with Crippen LogP contribution in [0.3, 0.4) is 0 Å². The summed E-state index contributed by atoms with van der Waals surface area (Å²) in [4.78, 5) is 22.9. The van der Waals surface area contributed by atoms with Crippen molar-refractivity contribution in [3.63, 3.8) is 0 Å². The van der Waals surface area contributed by atoms with Crippen molar-refractivity contribution < 1.29 is 18.6 Å². The Balaban J connectivity index is 0.000000314. The number of rotatable bonds is 14. The van der Waals surface area contributed by atoms with Crippen LogP contribution in [-0.4, -0.2) is 36.5 Å². The van der Waals surface area contributed by atoms with Gasteiger partial charge < -0.3 is 21.3 Å². The van der Waals surface area contributed by atoms with Crippen molar-refractivity contribution in [3.8, 4) is 0 Å². The summed E-state index contributed by atoms with van der Waals surface area (Å²) in [6.45, 7) is 4.09. The highest BCUT2D eigenvalue weighted by molar-refractivity contribution is 5.62. The molecule has 1 aliphatic rings. The van der Waals surface area contributed by atoms with E-state index in [1.807, 2.05) is 44.3 Å². The summed E-state index contributed by atoms with van der Waals surface area (Å²) in [6.07, 6.45) is 5.86. The number of anilines is 3. The van der Waals surface area contributed by atoms with Crippen molar-refractivity contribution >= 4 is 28.4 Å². The number of piperidine rings is 1. The molecular weight excluding hydrogens is 642 g/mol. The van der Waals surface area contributed by atoms with Crippen molar-refractivity contribution in [2.75, 3.05) is 42.6 Å². The smallest absolute Gasteiger partial charge is 0.292 e. The topological polar surface area (TPSA) is 140 Å². The highest BCUT2D eigenvalue weighted by Crippen LogP contribution is 2.36. The van der Waals surface area contributed by atoms with Crippen molar-refractivity contribution in [1.82, 2.24) is 5.32 Å². The predicted octanol–water partition coefficient (Wildman–Crippen LogP) is 8.93. The monoisotopic (exact) mass is 688 g/mol. The molecule has 1 unspecified atom stereocenters. The van der Waals surface area contributed by atoms with E-state index in [9.17, 15) is 20.2 Å². The molecule has 50 heavy (non-hydrogen) atoms. The number of hydrogen-bond donors (Lipinski definition) is 3. The van der Waals surface area contributed by atoms with Crippen LogP contribution in [-0.2, 0) is 6.42 Å². The molecule has 0 bridgehead atoms. The van der Waals surface area contributed by atoms with Crippen LogP contribution in [0.25, 0.3) is 0 Å². The van der Waals surface area contributed by atoms with Crippen LogP contribution in [0, 0.1) is 31.9 Å². The van der Waals surface area contributed by atoms with E-state index >= 15 is 8.78 Å². The Morgan fingerprint density at radius 3 is 2.14 bits per heavy atom. The molecule has 1 fully saturated rings. The Bertz CT molecular complexity index is 1690. The van der Waals surface area contributed by atoms with Gasteiger partial charge in [0.2, 0.25) is 0 Å². The Morgan fingerprint density at radius 2 is 1.52 bits per heavy atom. The van der Waals surface area contributed by atoms with Gasteiger partial charge >= 0.3 is 0 Å². The fourth-order valence-electron chi connectivity index (χ4n) is 6.38. The lowest BCUT2D eigenvalue weighted by Gasteiger charge is -2.34. The molecule has 0 aromatic heterocycles. The Hall–Kier alpha value is -5.10. The molecule has 1 atom stereocenters. The second-order valence-electron chi connectivity index (χ2n) is 12.5. The molecule has 1 aliphatic heterocycles. The Morgan fingerprint density at radius 1 is 0.880 bits per heavy atom. The van der Waals surface area contributed by atoms with Gasteiger partial charge in [-0.2, -0.15) is 0 Å². The molecule has 266 valence electrons. The second kappa shape index (κ2) is 18.6. The van der Waals surface area contributed by atoms with Gasteiger partial charge in [-0.25, -0.2) is 8.78 Å². The largest absolute Gasteiger partial charge is 0.393 e. The molecule has 4 aromatic carbocycles. The first kappa shape index (κ1) is 37.7. The number of para-hydroxylation sites is 1. The highest BCUT2D eigenvalue weighted by atomic mass is 19.1. The van der Waals surface area contributed by atoms with Crippen LogP contribution in [0.1, 0.15) is 74.1 Å². The summed E-state index contributed by atoms with van der Waals surface area (Å²) in [5, 5.41) is 28.2. The van der Waals surface area contributed by atoms with Gasteiger partial charge in [0.1, 0.15) is 11.4 Å². The average Bonchev–Trinajstić information content (AvgIpc) is 3.11. The number of halogens is 2. The van der Waals surface area contributed by atoms with E-state index < -0.39 is 16.6 Å². The van der Waals surface area contributed by atoms with Crippen molar-refractivity contribution in [3.05, 3.63) is 133 Å². The third-order valence-electron chi connectivity index (χ3n) is 8.98. The quantitative estimate of drug-likeness (QED) is 0.0517. The second-order valence-corrected chi connectivity index (χ2v) is 12.5. The SMILES string of the molecule is CCCC(Nc1cc(F)c(N2CCC(c3ccccc3)CC2)c(F)c1)c1ccc(N)c([N+](=O)[O-])c1.CNCCCCc1ccccc1[N+](=O)[O-]. The number of aryl methyl sites for hydroxylation is 1. The van der Waals surface area contributed by atoms with Gasteiger partial charge in [-0.1, -0.05) is 67.9 Å². The van der Waals surface area contributed by atoms with E-state index in [-0.39, 0.29) is 33.7 Å².